The van der Waals surface area contributed by atoms with E-state index in [2.05, 4.69) is 10.6 Å². The maximum absolute atomic E-state index is 11.8. The third-order valence-corrected chi connectivity index (χ3v) is 4.05. The average Bonchev–Trinajstić information content (AvgIpc) is 2.53. The quantitative estimate of drug-likeness (QED) is 0.460. The summed E-state index contributed by atoms with van der Waals surface area (Å²) >= 11 is 0. The number of rotatable bonds is 7. The molecule has 0 bridgehead atoms. The van der Waals surface area contributed by atoms with Crippen LogP contribution in [0.4, 0.5) is 11.4 Å². The number of anilines is 1. The number of nitrogens with zero attached hydrogens (tertiary/aromatic N) is 1. The van der Waals surface area contributed by atoms with E-state index >= 15 is 0 Å². The summed E-state index contributed by atoms with van der Waals surface area (Å²) in [5.41, 5.74) is 0.887. The molecule has 1 aliphatic rings. The van der Waals surface area contributed by atoms with Gasteiger partial charge in [0.2, 0.25) is 5.91 Å². The molecule has 1 amide bonds. The summed E-state index contributed by atoms with van der Waals surface area (Å²) < 4.78 is 0. The van der Waals surface area contributed by atoms with Gasteiger partial charge < -0.3 is 10.6 Å². The standard InChI is InChI=1S/C16H23N3O3/c20-16(12-13-4-2-1-3-5-13)18-11-10-17-14-6-8-15(9-7-14)19(21)22/h6-9,13,17H,1-5,10-12H2,(H,18,20). The van der Waals surface area contributed by atoms with Gasteiger partial charge in [0, 0.05) is 37.3 Å². The zero-order valence-corrected chi connectivity index (χ0v) is 12.7. The topological polar surface area (TPSA) is 84.3 Å². The van der Waals surface area contributed by atoms with Crippen molar-refractivity contribution in [3.8, 4) is 0 Å². The molecule has 6 heteroatoms. The highest BCUT2D eigenvalue weighted by molar-refractivity contribution is 5.76. The van der Waals surface area contributed by atoms with Gasteiger partial charge in [-0.1, -0.05) is 19.3 Å². The number of hydrogen-bond donors (Lipinski definition) is 2. The molecule has 1 aliphatic carbocycles. The Morgan fingerprint density at radius 3 is 2.45 bits per heavy atom. The monoisotopic (exact) mass is 305 g/mol. The summed E-state index contributed by atoms with van der Waals surface area (Å²) in [4.78, 5) is 22.0. The lowest BCUT2D eigenvalue weighted by atomic mass is 9.87. The van der Waals surface area contributed by atoms with Crippen LogP contribution in [0.1, 0.15) is 38.5 Å². The van der Waals surface area contributed by atoms with Gasteiger partial charge in [-0.2, -0.15) is 0 Å². The van der Waals surface area contributed by atoms with Gasteiger partial charge in [0.05, 0.1) is 4.92 Å². The number of benzene rings is 1. The zero-order valence-electron chi connectivity index (χ0n) is 12.7. The van der Waals surface area contributed by atoms with Crippen molar-refractivity contribution in [3.63, 3.8) is 0 Å². The zero-order chi connectivity index (χ0) is 15.8. The smallest absolute Gasteiger partial charge is 0.269 e. The van der Waals surface area contributed by atoms with Crippen LogP contribution in [0.25, 0.3) is 0 Å². The summed E-state index contributed by atoms with van der Waals surface area (Å²) in [6.45, 7) is 1.16. The first-order valence-corrected chi connectivity index (χ1v) is 7.90. The molecular formula is C16H23N3O3. The maximum atomic E-state index is 11.8. The second-order valence-electron chi connectivity index (χ2n) is 5.79. The van der Waals surface area contributed by atoms with Crippen LogP contribution in [0.3, 0.4) is 0 Å². The normalized spacial score (nSPS) is 15.3. The summed E-state index contributed by atoms with van der Waals surface area (Å²) in [7, 11) is 0. The first kappa shape index (κ1) is 16.3. The number of non-ortho nitro benzene ring substituents is 1. The van der Waals surface area contributed by atoms with E-state index in [1.54, 1.807) is 12.1 Å². The van der Waals surface area contributed by atoms with Gasteiger partial charge in [0.15, 0.2) is 0 Å². The average molecular weight is 305 g/mol. The van der Waals surface area contributed by atoms with Crippen LogP contribution in [0.2, 0.25) is 0 Å². The van der Waals surface area contributed by atoms with E-state index in [1.165, 1.54) is 44.2 Å². The third kappa shape index (κ3) is 5.35. The van der Waals surface area contributed by atoms with Crippen LogP contribution in [-0.4, -0.2) is 23.9 Å². The number of nitro groups is 1. The molecule has 0 aromatic heterocycles. The molecule has 6 nitrogen and oxygen atoms in total. The summed E-state index contributed by atoms with van der Waals surface area (Å²) in [5, 5.41) is 16.6. The molecule has 120 valence electrons. The first-order chi connectivity index (χ1) is 10.6. The Balaban J connectivity index is 1.61. The van der Waals surface area contributed by atoms with E-state index in [0.29, 0.717) is 25.4 Å². The predicted octanol–water partition coefficient (Wildman–Crippen LogP) is 3.09. The first-order valence-electron chi connectivity index (χ1n) is 7.90. The summed E-state index contributed by atoms with van der Waals surface area (Å²) in [5.74, 6) is 0.675. The van der Waals surface area contributed by atoms with E-state index in [-0.39, 0.29) is 11.6 Å². The molecule has 0 saturated heterocycles. The Bertz CT molecular complexity index is 496. The fourth-order valence-corrected chi connectivity index (χ4v) is 2.84. The number of hydrogen-bond acceptors (Lipinski definition) is 4. The van der Waals surface area contributed by atoms with E-state index in [1.807, 2.05) is 0 Å². The molecule has 1 aromatic carbocycles. The maximum Gasteiger partial charge on any atom is 0.269 e. The minimum atomic E-state index is -0.421. The largest absolute Gasteiger partial charge is 0.383 e. The SMILES string of the molecule is O=C(CC1CCCCC1)NCCNc1ccc([N+](=O)[O-])cc1. The highest BCUT2D eigenvalue weighted by Gasteiger charge is 2.16. The fraction of sp³-hybridized carbons (Fsp3) is 0.562. The number of carbonyl (C=O) groups excluding carboxylic acids is 1. The van der Waals surface area contributed by atoms with Crippen molar-refractivity contribution in [2.45, 2.75) is 38.5 Å². The lowest BCUT2D eigenvalue weighted by molar-refractivity contribution is -0.384. The van der Waals surface area contributed by atoms with Crippen LogP contribution in [0.15, 0.2) is 24.3 Å². The van der Waals surface area contributed by atoms with Gasteiger partial charge in [-0.15, -0.1) is 0 Å². The Morgan fingerprint density at radius 1 is 1.14 bits per heavy atom. The molecule has 2 N–H and O–H groups in total. The Morgan fingerprint density at radius 2 is 1.82 bits per heavy atom. The molecule has 1 aromatic rings. The molecule has 0 spiro atoms. The number of carbonyl (C=O) groups is 1. The highest BCUT2D eigenvalue weighted by atomic mass is 16.6. The molecule has 1 fully saturated rings. The minimum Gasteiger partial charge on any atom is -0.383 e. The van der Waals surface area contributed by atoms with Crippen molar-refractivity contribution >= 4 is 17.3 Å². The number of nitrogens with one attached hydrogen (secondary N) is 2. The van der Waals surface area contributed by atoms with Crippen LogP contribution in [0, 0.1) is 16.0 Å². The van der Waals surface area contributed by atoms with Crippen molar-refractivity contribution < 1.29 is 9.72 Å². The van der Waals surface area contributed by atoms with E-state index in [0.717, 1.165) is 5.69 Å². The lowest BCUT2D eigenvalue weighted by Gasteiger charge is -2.20. The van der Waals surface area contributed by atoms with Gasteiger partial charge in [-0.25, -0.2) is 0 Å². The molecule has 2 rings (SSSR count). The molecule has 0 atom stereocenters. The number of amides is 1. The van der Waals surface area contributed by atoms with E-state index in [9.17, 15) is 14.9 Å². The van der Waals surface area contributed by atoms with Gasteiger partial charge in [-0.3, -0.25) is 14.9 Å². The van der Waals surface area contributed by atoms with Gasteiger partial charge in [0.1, 0.15) is 0 Å². The van der Waals surface area contributed by atoms with Crippen LogP contribution >= 0.6 is 0 Å². The number of nitro benzene ring substituents is 1. The Hall–Kier alpha value is -2.11. The molecule has 22 heavy (non-hydrogen) atoms. The minimum absolute atomic E-state index is 0.0753. The molecule has 1 saturated carbocycles. The van der Waals surface area contributed by atoms with Crippen molar-refractivity contribution in [2.75, 3.05) is 18.4 Å². The summed E-state index contributed by atoms with van der Waals surface area (Å²) in [6.07, 6.45) is 6.79. The van der Waals surface area contributed by atoms with Crippen LogP contribution in [0.5, 0.6) is 0 Å². The second-order valence-corrected chi connectivity index (χ2v) is 5.79. The van der Waals surface area contributed by atoms with E-state index < -0.39 is 4.92 Å². The predicted molar refractivity (Wildman–Crippen MR) is 85.8 cm³/mol. The van der Waals surface area contributed by atoms with Crippen molar-refractivity contribution in [1.29, 1.82) is 0 Å². The molecule has 0 heterocycles. The Labute approximate surface area is 130 Å². The van der Waals surface area contributed by atoms with Crippen molar-refractivity contribution in [1.82, 2.24) is 5.32 Å². The molecular weight excluding hydrogens is 282 g/mol. The fourth-order valence-electron chi connectivity index (χ4n) is 2.84. The van der Waals surface area contributed by atoms with Gasteiger partial charge in [0.25, 0.3) is 5.69 Å². The van der Waals surface area contributed by atoms with Crippen molar-refractivity contribution in [2.24, 2.45) is 5.92 Å². The second kappa shape index (κ2) is 8.36. The van der Waals surface area contributed by atoms with E-state index in [4.69, 9.17) is 0 Å². The Kier molecular flexibility index (Phi) is 6.18. The molecule has 0 aliphatic heterocycles. The lowest BCUT2D eigenvalue weighted by Crippen LogP contribution is -2.30. The van der Waals surface area contributed by atoms with Crippen LogP contribution < -0.4 is 10.6 Å². The van der Waals surface area contributed by atoms with Crippen molar-refractivity contribution in [3.05, 3.63) is 34.4 Å². The molecule has 0 radical (unpaired) electrons. The highest BCUT2D eigenvalue weighted by Crippen LogP contribution is 2.25. The van der Waals surface area contributed by atoms with Gasteiger partial charge in [-0.05, 0) is 30.9 Å². The third-order valence-electron chi connectivity index (χ3n) is 4.05. The summed E-state index contributed by atoms with van der Waals surface area (Å²) in [6, 6.07) is 6.26. The van der Waals surface area contributed by atoms with Crippen LogP contribution in [-0.2, 0) is 4.79 Å². The molecule has 0 unspecified atom stereocenters. The van der Waals surface area contributed by atoms with Gasteiger partial charge >= 0.3 is 0 Å².